The molecule has 114 valence electrons. The second-order valence-electron chi connectivity index (χ2n) is 5.13. The fourth-order valence-corrected chi connectivity index (χ4v) is 2.36. The number of hydrogen-bond donors (Lipinski definition) is 1. The first-order valence-electron chi connectivity index (χ1n) is 7.15. The quantitative estimate of drug-likeness (QED) is 0.746. The van der Waals surface area contributed by atoms with Crippen LogP contribution in [0.4, 0.5) is 0 Å². The highest BCUT2D eigenvalue weighted by molar-refractivity contribution is 5.89. The van der Waals surface area contributed by atoms with Crippen molar-refractivity contribution >= 4 is 11.8 Å². The Labute approximate surface area is 124 Å². The zero-order valence-electron chi connectivity index (χ0n) is 12.2. The summed E-state index contributed by atoms with van der Waals surface area (Å²) in [6, 6.07) is 5.61. The van der Waals surface area contributed by atoms with Crippen LogP contribution in [0.25, 0.3) is 0 Å². The molecule has 1 saturated heterocycles. The van der Waals surface area contributed by atoms with Gasteiger partial charge in [-0.05, 0) is 18.6 Å². The lowest BCUT2D eigenvalue weighted by Gasteiger charge is -2.16. The van der Waals surface area contributed by atoms with Gasteiger partial charge in [-0.2, -0.15) is 0 Å². The molecule has 0 bridgehead atoms. The normalized spacial score (nSPS) is 18.0. The number of nitrogens with one attached hydrogen (secondary N) is 1. The van der Waals surface area contributed by atoms with E-state index in [2.05, 4.69) is 10.3 Å². The van der Waals surface area contributed by atoms with Gasteiger partial charge in [0.05, 0.1) is 18.2 Å². The highest BCUT2D eigenvalue weighted by atomic mass is 16.5. The molecule has 6 nitrogen and oxygen atoms in total. The Bertz CT molecular complexity index is 478. The van der Waals surface area contributed by atoms with Gasteiger partial charge in [0.25, 0.3) is 0 Å². The van der Waals surface area contributed by atoms with Crippen LogP contribution in [0, 0.1) is 5.92 Å². The molecule has 1 unspecified atom stereocenters. The van der Waals surface area contributed by atoms with Gasteiger partial charge >= 0.3 is 0 Å². The minimum absolute atomic E-state index is 0.0118. The zero-order chi connectivity index (χ0) is 15.1. The number of amides is 2. The number of methoxy groups -OCH3 is 1. The molecule has 1 atom stereocenters. The minimum Gasteiger partial charge on any atom is -0.385 e. The van der Waals surface area contributed by atoms with Crippen molar-refractivity contribution in [2.24, 2.45) is 5.92 Å². The van der Waals surface area contributed by atoms with Gasteiger partial charge in [-0.25, -0.2) is 0 Å². The van der Waals surface area contributed by atoms with E-state index in [0.29, 0.717) is 26.2 Å². The van der Waals surface area contributed by atoms with Crippen LogP contribution in [0.15, 0.2) is 24.4 Å². The number of rotatable bonds is 7. The number of ether oxygens (including phenoxy) is 1. The molecule has 1 aromatic rings. The predicted molar refractivity (Wildman–Crippen MR) is 77.3 cm³/mol. The lowest BCUT2D eigenvalue weighted by atomic mass is 10.1. The molecule has 0 radical (unpaired) electrons. The van der Waals surface area contributed by atoms with Gasteiger partial charge in [0.15, 0.2) is 0 Å². The number of aromatic nitrogens is 1. The van der Waals surface area contributed by atoms with Crippen molar-refractivity contribution in [3.8, 4) is 0 Å². The van der Waals surface area contributed by atoms with Crippen molar-refractivity contribution in [3.63, 3.8) is 0 Å². The van der Waals surface area contributed by atoms with Crippen molar-refractivity contribution in [1.29, 1.82) is 0 Å². The molecule has 0 aliphatic carbocycles. The first kappa shape index (κ1) is 15.4. The van der Waals surface area contributed by atoms with Gasteiger partial charge in [-0.1, -0.05) is 6.07 Å². The Morgan fingerprint density at radius 3 is 3.10 bits per heavy atom. The van der Waals surface area contributed by atoms with E-state index in [1.165, 1.54) is 0 Å². The molecule has 0 aromatic carbocycles. The minimum atomic E-state index is -0.260. The molecule has 1 N–H and O–H groups in total. The summed E-state index contributed by atoms with van der Waals surface area (Å²) in [7, 11) is 1.63. The molecule has 2 rings (SSSR count). The van der Waals surface area contributed by atoms with E-state index in [9.17, 15) is 9.59 Å². The van der Waals surface area contributed by atoms with Gasteiger partial charge in [0.2, 0.25) is 11.8 Å². The highest BCUT2D eigenvalue weighted by Gasteiger charge is 2.34. The fourth-order valence-electron chi connectivity index (χ4n) is 2.36. The van der Waals surface area contributed by atoms with Gasteiger partial charge in [-0.3, -0.25) is 14.6 Å². The summed E-state index contributed by atoms with van der Waals surface area (Å²) in [6.45, 7) is 2.13. The van der Waals surface area contributed by atoms with Crippen LogP contribution in [0.1, 0.15) is 18.5 Å². The van der Waals surface area contributed by atoms with E-state index >= 15 is 0 Å². The Morgan fingerprint density at radius 1 is 1.52 bits per heavy atom. The number of pyridine rings is 1. The largest absolute Gasteiger partial charge is 0.385 e. The summed E-state index contributed by atoms with van der Waals surface area (Å²) in [5.74, 6) is -0.301. The van der Waals surface area contributed by atoms with Crippen LogP contribution in [0.2, 0.25) is 0 Å². The van der Waals surface area contributed by atoms with Crippen LogP contribution < -0.4 is 5.32 Å². The fraction of sp³-hybridized carbons (Fsp3) is 0.533. The van der Waals surface area contributed by atoms with Crippen molar-refractivity contribution in [2.45, 2.75) is 19.4 Å². The third kappa shape index (κ3) is 4.53. The van der Waals surface area contributed by atoms with Crippen molar-refractivity contribution in [1.82, 2.24) is 15.2 Å². The van der Waals surface area contributed by atoms with E-state index in [4.69, 9.17) is 4.74 Å². The number of nitrogens with zero attached hydrogens (tertiary/aromatic N) is 2. The van der Waals surface area contributed by atoms with Gasteiger partial charge in [-0.15, -0.1) is 0 Å². The van der Waals surface area contributed by atoms with Crippen LogP contribution in [-0.2, 0) is 20.9 Å². The smallest absolute Gasteiger partial charge is 0.225 e. The van der Waals surface area contributed by atoms with Crippen molar-refractivity contribution < 1.29 is 14.3 Å². The Balaban J connectivity index is 1.80. The summed E-state index contributed by atoms with van der Waals surface area (Å²) >= 11 is 0. The van der Waals surface area contributed by atoms with Crippen LogP contribution in [0.3, 0.4) is 0 Å². The maximum atomic E-state index is 12.0. The zero-order valence-corrected chi connectivity index (χ0v) is 12.2. The second-order valence-corrected chi connectivity index (χ2v) is 5.13. The summed E-state index contributed by atoms with van der Waals surface area (Å²) in [6.07, 6.45) is 2.76. The summed E-state index contributed by atoms with van der Waals surface area (Å²) < 4.78 is 4.93. The highest BCUT2D eigenvalue weighted by Crippen LogP contribution is 2.19. The lowest BCUT2D eigenvalue weighted by Crippen LogP contribution is -2.33. The van der Waals surface area contributed by atoms with E-state index in [1.54, 1.807) is 18.2 Å². The van der Waals surface area contributed by atoms with Crippen LogP contribution in [0.5, 0.6) is 0 Å². The number of carbonyl (C=O) groups is 2. The Hall–Kier alpha value is -1.95. The van der Waals surface area contributed by atoms with Gasteiger partial charge in [0.1, 0.15) is 0 Å². The third-order valence-electron chi connectivity index (χ3n) is 3.49. The molecule has 1 fully saturated rings. The molecule has 1 aliphatic rings. The topological polar surface area (TPSA) is 71.5 Å². The molecule has 2 amide bonds. The summed E-state index contributed by atoms with van der Waals surface area (Å²) in [4.78, 5) is 29.9. The third-order valence-corrected chi connectivity index (χ3v) is 3.49. The van der Waals surface area contributed by atoms with Gasteiger partial charge in [0, 0.05) is 39.4 Å². The van der Waals surface area contributed by atoms with E-state index in [1.807, 2.05) is 18.2 Å². The molecule has 1 aliphatic heterocycles. The molecule has 0 saturated carbocycles. The molecule has 21 heavy (non-hydrogen) atoms. The SMILES string of the molecule is COCCCNC(=O)C1CC(=O)N(Cc2ccccn2)C1. The standard InChI is InChI=1S/C15H21N3O3/c1-21-8-4-7-17-15(20)12-9-14(19)18(10-12)11-13-5-2-3-6-16-13/h2-3,5-6,12H,4,7-11H2,1H3,(H,17,20). The van der Waals surface area contributed by atoms with E-state index in [0.717, 1.165) is 12.1 Å². The molecule has 6 heteroatoms. The predicted octanol–water partition coefficient (Wildman–Crippen LogP) is 0.583. The molecular weight excluding hydrogens is 270 g/mol. The second kappa shape index (κ2) is 7.73. The van der Waals surface area contributed by atoms with Gasteiger partial charge < -0.3 is 15.0 Å². The first-order valence-corrected chi connectivity index (χ1v) is 7.15. The van der Waals surface area contributed by atoms with Crippen LogP contribution >= 0.6 is 0 Å². The van der Waals surface area contributed by atoms with E-state index in [-0.39, 0.29) is 24.2 Å². The molecule has 0 spiro atoms. The number of likely N-dealkylation sites (tertiary alicyclic amines) is 1. The Kier molecular flexibility index (Phi) is 5.68. The maximum absolute atomic E-state index is 12.0. The van der Waals surface area contributed by atoms with Crippen molar-refractivity contribution in [2.75, 3.05) is 26.8 Å². The number of carbonyl (C=O) groups excluding carboxylic acids is 2. The lowest BCUT2D eigenvalue weighted by molar-refractivity contribution is -0.129. The number of hydrogen-bond acceptors (Lipinski definition) is 4. The van der Waals surface area contributed by atoms with E-state index < -0.39 is 0 Å². The Morgan fingerprint density at radius 2 is 2.38 bits per heavy atom. The average Bonchev–Trinajstić information content (AvgIpc) is 2.86. The molecule has 2 heterocycles. The first-order chi connectivity index (χ1) is 10.2. The summed E-state index contributed by atoms with van der Waals surface area (Å²) in [5, 5.41) is 2.85. The van der Waals surface area contributed by atoms with Crippen LogP contribution in [-0.4, -0.2) is 48.5 Å². The molecule has 1 aromatic heterocycles. The van der Waals surface area contributed by atoms with Crippen molar-refractivity contribution in [3.05, 3.63) is 30.1 Å². The monoisotopic (exact) mass is 291 g/mol. The maximum Gasteiger partial charge on any atom is 0.225 e. The average molecular weight is 291 g/mol. The summed E-state index contributed by atoms with van der Waals surface area (Å²) in [5.41, 5.74) is 0.840. The molecular formula is C15H21N3O3.